The Bertz CT molecular complexity index is 461. The number of rotatable bonds is 28. The number of Topliss-reactive ketones (excluding diaryl/α,β-unsaturated/α-hetero) is 1. The van der Waals surface area contributed by atoms with Crippen LogP contribution in [0.1, 0.15) is 129 Å². The molecule has 0 aliphatic rings. The summed E-state index contributed by atoms with van der Waals surface area (Å²) in [6, 6.07) is 0. The lowest BCUT2D eigenvalue weighted by molar-refractivity contribution is -0.156. The lowest BCUT2D eigenvalue weighted by atomic mass is 10.0. The standard InChI is InChI=1S/C29H59N3O4/c1-3-5-20-26(33)27(35-24-18-14-10-6-8-12-16-21-30)28(29(34)32-23-4-2)36-25-19-15-11-7-9-13-17-22-31/h27-28H,3-25,30-31H2,1-2H3,(H,32,34)/t27-,28+/m0/s1. The smallest absolute Gasteiger partial charge is 0.252 e. The van der Waals surface area contributed by atoms with E-state index in [2.05, 4.69) is 12.2 Å². The van der Waals surface area contributed by atoms with E-state index < -0.39 is 12.2 Å². The minimum atomic E-state index is -0.873. The van der Waals surface area contributed by atoms with Gasteiger partial charge in [-0.2, -0.15) is 0 Å². The Balaban J connectivity index is 4.74. The topological polar surface area (TPSA) is 117 Å². The van der Waals surface area contributed by atoms with Crippen LogP contribution >= 0.6 is 0 Å². The fourth-order valence-electron chi connectivity index (χ4n) is 4.17. The summed E-state index contributed by atoms with van der Waals surface area (Å²) in [6.45, 7) is 7.14. The number of hydrogen-bond acceptors (Lipinski definition) is 6. The number of amides is 1. The van der Waals surface area contributed by atoms with Gasteiger partial charge in [-0.05, 0) is 51.6 Å². The lowest BCUT2D eigenvalue weighted by Crippen LogP contribution is -2.49. The number of ketones is 1. The molecule has 7 heteroatoms. The second-order valence-corrected chi connectivity index (χ2v) is 9.97. The molecule has 0 rings (SSSR count). The van der Waals surface area contributed by atoms with E-state index in [1.165, 1.54) is 38.5 Å². The van der Waals surface area contributed by atoms with Gasteiger partial charge in [0.1, 0.15) is 0 Å². The minimum Gasteiger partial charge on any atom is -0.367 e. The Morgan fingerprint density at radius 2 is 1.06 bits per heavy atom. The lowest BCUT2D eigenvalue weighted by Gasteiger charge is -2.26. The van der Waals surface area contributed by atoms with E-state index in [4.69, 9.17) is 20.9 Å². The van der Waals surface area contributed by atoms with E-state index in [0.29, 0.717) is 26.2 Å². The van der Waals surface area contributed by atoms with Gasteiger partial charge >= 0.3 is 0 Å². The maximum absolute atomic E-state index is 13.0. The van der Waals surface area contributed by atoms with E-state index >= 15 is 0 Å². The number of nitrogens with two attached hydrogens (primary N) is 2. The molecule has 0 bridgehead atoms. The number of carbonyl (C=O) groups excluding carboxylic acids is 2. The van der Waals surface area contributed by atoms with Crippen LogP contribution in [0.5, 0.6) is 0 Å². The van der Waals surface area contributed by atoms with Crippen LogP contribution in [0.4, 0.5) is 0 Å². The van der Waals surface area contributed by atoms with Gasteiger partial charge in [-0.1, -0.05) is 84.5 Å². The molecule has 7 nitrogen and oxygen atoms in total. The molecule has 2 atom stereocenters. The molecule has 0 fully saturated rings. The number of ether oxygens (including phenoxy) is 2. The van der Waals surface area contributed by atoms with Crippen LogP contribution in [0, 0.1) is 0 Å². The molecule has 0 aliphatic carbocycles. The second-order valence-electron chi connectivity index (χ2n) is 9.97. The number of hydrogen-bond donors (Lipinski definition) is 3. The third kappa shape index (κ3) is 20.1. The van der Waals surface area contributed by atoms with Crippen molar-refractivity contribution in [1.82, 2.24) is 5.32 Å². The van der Waals surface area contributed by atoms with Gasteiger partial charge in [-0.25, -0.2) is 0 Å². The summed E-state index contributed by atoms with van der Waals surface area (Å²) in [5.74, 6) is -0.247. The summed E-state index contributed by atoms with van der Waals surface area (Å²) >= 11 is 0. The Kier molecular flexibility index (Phi) is 26.3. The first-order valence-corrected chi connectivity index (χ1v) is 15.1. The molecule has 0 unspecified atom stereocenters. The van der Waals surface area contributed by atoms with Crippen molar-refractivity contribution in [3.8, 4) is 0 Å². The first-order valence-electron chi connectivity index (χ1n) is 15.1. The normalized spacial score (nSPS) is 13.0. The van der Waals surface area contributed by atoms with Crippen molar-refractivity contribution in [2.24, 2.45) is 11.5 Å². The number of nitrogens with one attached hydrogen (secondary N) is 1. The third-order valence-corrected chi connectivity index (χ3v) is 6.47. The maximum Gasteiger partial charge on any atom is 0.252 e. The molecule has 1 amide bonds. The fourth-order valence-corrected chi connectivity index (χ4v) is 4.17. The summed E-state index contributed by atoms with van der Waals surface area (Å²) in [7, 11) is 0. The van der Waals surface area contributed by atoms with Gasteiger partial charge in [0.2, 0.25) is 0 Å². The zero-order valence-electron chi connectivity index (χ0n) is 23.7. The molecule has 0 saturated carbocycles. The average molecular weight is 514 g/mol. The molecule has 0 spiro atoms. The van der Waals surface area contributed by atoms with E-state index in [1.54, 1.807) is 0 Å². The van der Waals surface area contributed by atoms with E-state index in [1.807, 2.05) is 6.92 Å². The highest BCUT2D eigenvalue weighted by molar-refractivity contribution is 5.92. The SMILES string of the molecule is CCCCC(=O)[C@H](OCCCCCCCCCN)[C@@H](OCCCCCCCCCN)C(=O)NCCC. The first-order chi connectivity index (χ1) is 17.6. The van der Waals surface area contributed by atoms with Crippen LogP contribution < -0.4 is 16.8 Å². The summed E-state index contributed by atoms with van der Waals surface area (Å²) in [4.78, 5) is 26.0. The highest BCUT2D eigenvalue weighted by Crippen LogP contribution is 2.15. The molecule has 0 heterocycles. The number of carbonyl (C=O) groups is 2. The van der Waals surface area contributed by atoms with Gasteiger partial charge in [-0.3, -0.25) is 9.59 Å². The second kappa shape index (κ2) is 27.0. The van der Waals surface area contributed by atoms with Gasteiger partial charge in [0.05, 0.1) is 0 Å². The van der Waals surface area contributed by atoms with Crippen LogP contribution in [0.15, 0.2) is 0 Å². The monoisotopic (exact) mass is 513 g/mol. The molecule has 0 saturated heterocycles. The molecule has 0 aromatic rings. The van der Waals surface area contributed by atoms with Crippen LogP contribution in [0.2, 0.25) is 0 Å². The van der Waals surface area contributed by atoms with Crippen molar-refractivity contribution >= 4 is 11.7 Å². The first kappa shape index (κ1) is 35.0. The number of unbranched alkanes of at least 4 members (excludes halogenated alkanes) is 13. The molecule has 5 N–H and O–H groups in total. The molecular weight excluding hydrogens is 454 g/mol. The quantitative estimate of drug-likeness (QED) is 0.120. The Morgan fingerprint density at radius 3 is 1.50 bits per heavy atom. The Labute approximate surface area is 222 Å². The van der Waals surface area contributed by atoms with E-state index in [-0.39, 0.29) is 11.7 Å². The van der Waals surface area contributed by atoms with Gasteiger partial charge in [0.25, 0.3) is 5.91 Å². The summed E-state index contributed by atoms with van der Waals surface area (Å²) in [6.07, 6.45) is 16.9. The molecule has 0 radical (unpaired) electrons. The van der Waals surface area contributed by atoms with Crippen LogP contribution in [-0.4, -0.2) is 56.7 Å². The molecule has 36 heavy (non-hydrogen) atoms. The zero-order valence-corrected chi connectivity index (χ0v) is 23.7. The largest absolute Gasteiger partial charge is 0.367 e. The van der Waals surface area contributed by atoms with Crippen molar-refractivity contribution in [3.63, 3.8) is 0 Å². The van der Waals surface area contributed by atoms with Crippen LogP contribution in [0.3, 0.4) is 0 Å². The van der Waals surface area contributed by atoms with Crippen LogP contribution in [0.25, 0.3) is 0 Å². The predicted octanol–water partition coefficient (Wildman–Crippen LogP) is 5.42. The van der Waals surface area contributed by atoms with Crippen molar-refractivity contribution in [2.45, 2.75) is 142 Å². The Hall–Kier alpha value is -1.02. The van der Waals surface area contributed by atoms with Gasteiger partial charge in [0.15, 0.2) is 18.0 Å². The summed E-state index contributed by atoms with van der Waals surface area (Å²) in [5.41, 5.74) is 11.1. The van der Waals surface area contributed by atoms with Crippen molar-refractivity contribution in [1.29, 1.82) is 0 Å². The highest BCUT2D eigenvalue weighted by Gasteiger charge is 2.34. The molecular formula is C29H59N3O4. The van der Waals surface area contributed by atoms with Gasteiger partial charge in [-0.15, -0.1) is 0 Å². The molecule has 0 aliphatic heterocycles. The fraction of sp³-hybridized carbons (Fsp3) is 0.931. The zero-order chi connectivity index (χ0) is 26.7. The van der Waals surface area contributed by atoms with Crippen LogP contribution in [-0.2, 0) is 19.1 Å². The maximum atomic E-state index is 13.0. The van der Waals surface area contributed by atoms with Crippen molar-refractivity contribution in [3.05, 3.63) is 0 Å². The molecule has 0 aromatic heterocycles. The Morgan fingerprint density at radius 1 is 0.611 bits per heavy atom. The summed E-state index contributed by atoms with van der Waals surface area (Å²) in [5, 5.41) is 2.92. The van der Waals surface area contributed by atoms with Crippen molar-refractivity contribution in [2.75, 3.05) is 32.8 Å². The van der Waals surface area contributed by atoms with Gasteiger partial charge < -0.3 is 26.3 Å². The molecule has 214 valence electrons. The average Bonchev–Trinajstić information content (AvgIpc) is 2.88. The minimum absolute atomic E-state index is 0.0183. The highest BCUT2D eigenvalue weighted by atomic mass is 16.5. The van der Waals surface area contributed by atoms with E-state index in [0.717, 1.165) is 83.7 Å². The predicted molar refractivity (Wildman–Crippen MR) is 150 cm³/mol. The van der Waals surface area contributed by atoms with E-state index in [9.17, 15) is 9.59 Å². The molecule has 0 aromatic carbocycles. The van der Waals surface area contributed by atoms with Crippen molar-refractivity contribution < 1.29 is 19.1 Å². The third-order valence-electron chi connectivity index (χ3n) is 6.47. The summed E-state index contributed by atoms with van der Waals surface area (Å²) < 4.78 is 12.1. The van der Waals surface area contributed by atoms with Gasteiger partial charge in [0, 0.05) is 26.2 Å².